The molecule has 2 aromatic rings. The van der Waals surface area contributed by atoms with Crippen LogP contribution in [0.15, 0.2) is 6.33 Å². The van der Waals surface area contributed by atoms with E-state index >= 15 is 0 Å². The van der Waals surface area contributed by atoms with E-state index in [1.807, 2.05) is 0 Å². The zero-order valence-electron chi connectivity index (χ0n) is 7.37. The number of hydrogen-bond donors (Lipinski definition) is 2. The first-order valence-corrected chi connectivity index (χ1v) is 3.27. The summed E-state index contributed by atoms with van der Waals surface area (Å²) in [6.45, 7) is 0. The van der Waals surface area contributed by atoms with Crippen LogP contribution < -0.4 is 35.3 Å². The molecule has 0 bridgehead atoms. The van der Waals surface area contributed by atoms with Gasteiger partial charge in [-0.2, -0.15) is 9.97 Å². The molecule has 0 saturated carbocycles. The summed E-state index contributed by atoms with van der Waals surface area (Å²) in [6, 6.07) is 0. The molecule has 0 aliphatic heterocycles. The van der Waals surface area contributed by atoms with Crippen LogP contribution in [0.1, 0.15) is 1.43 Å². The summed E-state index contributed by atoms with van der Waals surface area (Å²) in [5.41, 5.74) is 6.60. The predicted octanol–water partition coefficient (Wildman–Crippen LogP) is -2.29. The second-order valence-electron chi connectivity index (χ2n) is 1.98. The Morgan fingerprint density at radius 3 is 3.00 bits per heavy atom. The molecule has 0 unspecified atom stereocenters. The van der Waals surface area contributed by atoms with Crippen LogP contribution in [-0.2, 0) is 0 Å². The predicted molar refractivity (Wildman–Crippen MR) is 42.2 cm³/mol. The van der Waals surface area contributed by atoms with Crippen LogP contribution in [0.5, 0.6) is 0 Å². The molecule has 3 N–H and O–H groups in total. The minimum Gasteiger partial charge on any atom is -1.00 e. The summed E-state index contributed by atoms with van der Waals surface area (Å²) < 4.78 is 0. The number of nitrogen functional groups attached to an aromatic ring is 1. The van der Waals surface area contributed by atoms with Crippen LogP contribution >= 0.6 is 11.6 Å². The average molecular weight is 194 g/mol. The SMILES string of the molecule is Nc1nc(Cl)nc2nc[nH]c12.[H-].[Na+]. The van der Waals surface area contributed by atoms with Crippen LogP contribution in [0.3, 0.4) is 0 Å². The fourth-order valence-corrected chi connectivity index (χ4v) is 0.999. The number of rotatable bonds is 0. The van der Waals surface area contributed by atoms with Crippen LogP contribution in [0.4, 0.5) is 5.82 Å². The quantitative estimate of drug-likeness (QED) is 0.365. The van der Waals surface area contributed by atoms with Crippen molar-refractivity contribution in [1.29, 1.82) is 0 Å². The van der Waals surface area contributed by atoms with Gasteiger partial charge in [-0.15, -0.1) is 0 Å². The number of anilines is 1. The topological polar surface area (TPSA) is 80.5 Å². The van der Waals surface area contributed by atoms with Crippen molar-refractivity contribution in [2.45, 2.75) is 0 Å². The van der Waals surface area contributed by atoms with Gasteiger partial charge in [0.15, 0.2) is 11.5 Å². The monoisotopic (exact) mass is 193 g/mol. The normalized spacial score (nSPS) is 9.75. The standard InChI is InChI=1S/C5H4ClN5.Na.H/c6-5-10-3(7)2-4(11-5)9-1-8-2;;/h1H,(H3,7,8,9,10,11);;/q;+1;-1. The van der Waals surface area contributed by atoms with Gasteiger partial charge in [-0.1, -0.05) is 0 Å². The van der Waals surface area contributed by atoms with Gasteiger partial charge in [0.1, 0.15) is 5.52 Å². The molecule has 2 heterocycles. The van der Waals surface area contributed by atoms with E-state index in [0.717, 1.165) is 0 Å². The summed E-state index contributed by atoms with van der Waals surface area (Å²) in [5.74, 6) is 0.317. The molecule has 58 valence electrons. The molecule has 12 heavy (non-hydrogen) atoms. The maximum absolute atomic E-state index is 5.52. The van der Waals surface area contributed by atoms with E-state index < -0.39 is 0 Å². The van der Waals surface area contributed by atoms with Gasteiger partial charge in [0.05, 0.1) is 6.33 Å². The maximum atomic E-state index is 5.52. The molecule has 0 aliphatic rings. The first kappa shape index (κ1) is 9.73. The van der Waals surface area contributed by atoms with Crippen LogP contribution in [0.2, 0.25) is 5.28 Å². The molecule has 0 atom stereocenters. The Bertz CT molecular complexity index is 405. The number of fused-ring (bicyclic) bond motifs is 1. The van der Waals surface area contributed by atoms with Crippen molar-refractivity contribution in [3.8, 4) is 0 Å². The van der Waals surface area contributed by atoms with Crippen molar-refractivity contribution >= 4 is 28.6 Å². The molecule has 5 nitrogen and oxygen atoms in total. The number of nitrogens with zero attached hydrogens (tertiary/aromatic N) is 3. The molecule has 0 aromatic carbocycles. The number of imidazole rings is 1. The van der Waals surface area contributed by atoms with Crippen molar-refractivity contribution in [2.75, 3.05) is 5.73 Å². The number of aromatic amines is 1. The van der Waals surface area contributed by atoms with Gasteiger partial charge in [0.2, 0.25) is 5.28 Å². The Hall–Kier alpha value is -0.360. The van der Waals surface area contributed by atoms with Gasteiger partial charge in [-0.05, 0) is 11.6 Å². The fraction of sp³-hybridized carbons (Fsp3) is 0. The zero-order valence-corrected chi connectivity index (χ0v) is 9.13. The molecule has 0 radical (unpaired) electrons. The van der Waals surface area contributed by atoms with Crippen LogP contribution in [-0.4, -0.2) is 19.9 Å². The molecule has 0 amide bonds. The molecule has 7 heteroatoms. The largest absolute Gasteiger partial charge is 1.00 e. The van der Waals surface area contributed by atoms with E-state index in [4.69, 9.17) is 17.3 Å². The molecule has 0 fully saturated rings. The molecular formula is C5H5ClN5Na. The summed E-state index contributed by atoms with van der Waals surface area (Å²) in [7, 11) is 0. The molecular weight excluding hydrogens is 189 g/mol. The third-order valence-corrected chi connectivity index (χ3v) is 1.46. The number of nitrogens with one attached hydrogen (secondary N) is 1. The molecule has 2 rings (SSSR count). The number of hydrogen-bond acceptors (Lipinski definition) is 4. The summed E-state index contributed by atoms with van der Waals surface area (Å²) >= 11 is 5.52. The van der Waals surface area contributed by atoms with E-state index in [1.165, 1.54) is 6.33 Å². The van der Waals surface area contributed by atoms with E-state index in [0.29, 0.717) is 17.0 Å². The van der Waals surface area contributed by atoms with Gasteiger partial charge >= 0.3 is 29.6 Å². The summed E-state index contributed by atoms with van der Waals surface area (Å²) in [6.07, 6.45) is 1.49. The minimum atomic E-state index is 0. The Balaban J connectivity index is 0.000000720. The smallest absolute Gasteiger partial charge is 1.00 e. The zero-order chi connectivity index (χ0) is 7.84. The van der Waals surface area contributed by atoms with Crippen molar-refractivity contribution in [2.24, 2.45) is 0 Å². The third kappa shape index (κ3) is 1.54. The van der Waals surface area contributed by atoms with Gasteiger partial charge in [0, 0.05) is 0 Å². The molecule has 2 aromatic heterocycles. The van der Waals surface area contributed by atoms with E-state index in [2.05, 4.69) is 19.9 Å². The van der Waals surface area contributed by atoms with Crippen LogP contribution in [0.25, 0.3) is 11.2 Å². The number of nitrogens with two attached hydrogens (primary N) is 1. The minimum absolute atomic E-state index is 0. The van der Waals surface area contributed by atoms with E-state index in [1.54, 1.807) is 0 Å². The number of halogens is 1. The van der Waals surface area contributed by atoms with Gasteiger partial charge in [-0.25, -0.2) is 4.98 Å². The molecule has 0 aliphatic carbocycles. The summed E-state index contributed by atoms with van der Waals surface area (Å²) in [4.78, 5) is 14.2. The van der Waals surface area contributed by atoms with Gasteiger partial charge < -0.3 is 12.1 Å². The van der Waals surface area contributed by atoms with Gasteiger partial charge in [-0.3, -0.25) is 0 Å². The number of H-pyrrole nitrogens is 1. The van der Waals surface area contributed by atoms with Crippen LogP contribution in [0, 0.1) is 0 Å². The maximum Gasteiger partial charge on any atom is 1.00 e. The van der Waals surface area contributed by atoms with Crippen molar-refractivity contribution in [3.63, 3.8) is 0 Å². The first-order valence-electron chi connectivity index (χ1n) is 2.89. The van der Waals surface area contributed by atoms with Crippen molar-refractivity contribution in [3.05, 3.63) is 11.6 Å². The van der Waals surface area contributed by atoms with Gasteiger partial charge in [0.25, 0.3) is 0 Å². The first-order chi connectivity index (χ1) is 5.27. The second kappa shape index (κ2) is 3.57. The Morgan fingerprint density at radius 2 is 2.25 bits per heavy atom. The third-order valence-electron chi connectivity index (χ3n) is 1.29. The summed E-state index contributed by atoms with van der Waals surface area (Å²) in [5, 5.41) is 0.113. The number of aromatic nitrogens is 4. The molecule has 0 spiro atoms. The molecule has 0 saturated heterocycles. The fourth-order valence-electron chi connectivity index (χ4n) is 0.828. The Kier molecular flexibility index (Phi) is 2.89. The van der Waals surface area contributed by atoms with Crippen molar-refractivity contribution in [1.82, 2.24) is 19.9 Å². The van der Waals surface area contributed by atoms with Crippen molar-refractivity contribution < 1.29 is 31.0 Å². The van der Waals surface area contributed by atoms with E-state index in [9.17, 15) is 0 Å². The second-order valence-corrected chi connectivity index (χ2v) is 2.32. The Labute approximate surface area is 96.5 Å². The Morgan fingerprint density at radius 1 is 1.50 bits per heavy atom. The average Bonchev–Trinajstić information content (AvgIpc) is 2.34. The van der Waals surface area contributed by atoms with E-state index in [-0.39, 0.29) is 36.3 Å².